The predicted octanol–water partition coefficient (Wildman–Crippen LogP) is 2.51. The van der Waals surface area contributed by atoms with Crippen LogP contribution in [0.1, 0.15) is 25.3 Å². The molecule has 1 heterocycles. The zero-order chi connectivity index (χ0) is 15.1. The second kappa shape index (κ2) is 8.03. The fourth-order valence-corrected chi connectivity index (χ4v) is 2.73. The van der Waals surface area contributed by atoms with Crippen LogP contribution in [0.5, 0.6) is 5.75 Å². The maximum Gasteiger partial charge on any atom is 0.309 e. The van der Waals surface area contributed by atoms with Crippen LogP contribution in [0.15, 0.2) is 24.3 Å². The number of rotatable bonds is 6. The molecule has 1 aliphatic heterocycles. The Morgan fingerprint density at radius 1 is 1.24 bits per heavy atom. The van der Waals surface area contributed by atoms with E-state index >= 15 is 0 Å². The summed E-state index contributed by atoms with van der Waals surface area (Å²) in [6.45, 7) is 5.36. The smallest absolute Gasteiger partial charge is 0.309 e. The van der Waals surface area contributed by atoms with Crippen molar-refractivity contribution in [1.29, 1.82) is 0 Å². The average Bonchev–Trinajstić information content (AvgIpc) is 2.54. The number of hydrogen-bond donors (Lipinski definition) is 0. The summed E-state index contributed by atoms with van der Waals surface area (Å²) in [6, 6.07) is 8.24. The van der Waals surface area contributed by atoms with E-state index in [1.54, 1.807) is 7.11 Å². The van der Waals surface area contributed by atoms with E-state index in [2.05, 4.69) is 17.0 Å². The Kier molecular flexibility index (Phi) is 6.05. The van der Waals surface area contributed by atoms with Gasteiger partial charge in [-0.25, -0.2) is 0 Å². The minimum Gasteiger partial charge on any atom is -0.497 e. The molecule has 1 fully saturated rings. The van der Waals surface area contributed by atoms with Crippen molar-refractivity contribution in [1.82, 2.24) is 4.90 Å². The van der Waals surface area contributed by atoms with Crippen molar-refractivity contribution in [2.24, 2.45) is 5.92 Å². The third-order valence-corrected chi connectivity index (χ3v) is 4.08. The maximum absolute atomic E-state index is 11.7. The fourth-order valence-electron chi connectivity index (χ4n) is 2.73. The first-order valence-corrected chi connectivity index (χ1v) is 7.75. The Labute approximate surface area is 127 Å². The van der Waals surface area contributed by atoms with Crippen LogP contribution in [0.3, 0.4) is 0 Å². The van der Waals surface area contributed by atoms with E-state index in [1.165, 1.54) is 5.56 Å². The molecule has 0 aliphatic carbocycles. The predicted molar refractivity (Wildman–Crippen MR) is 82.5 cm³/mol. The van der Waals surface area contributed by atoms with Gasteiger partial charge in [-0.1, -0.05) is 12.1 Å². The van der Waals surface area contributed by atoms with Gasteiger partial charge < -0.3 is 14.4 Å². The van der Waals surface area contributed by atoms with Gasteiger partial charge in [0.2, 0.25) is 0 Å². The molecule has 116 valence electrons. The zero-order valence-corrected chi connectivity index (χ0v) is 13.0. The second-order valence-electron chi connectivity index (χ2n) is 5.47. The first-order chi connectivity index (χ1) is 10.2. The van der Waals surface area contributed by atoms with Gasteiger partial charge in [0.1, 0.15) is 5.75 Å². The van der Waals surface area contributed by atoms with Crippen LogP contribution < -0.4 is 4.74 Å². The van der Waals surface area contributed by atoms with Crippen molar-refractivity contribution in [3.8, 4) is 5.75 Å². The van der Waals surface area contributed by atoms with Crippen LogP contribution in [-0.2, 0) is 16.0 Å². The molecule has 1 aromatic rings. The van der Waals surface area contributed by atoms with Gasteiger partial charge in [0.25, 0.3) is 0 Å². The number of benzene rings is 1. The Hall–Kier alpha value is -1.55. The number of methoxy groups -OCH3 is 1. The Morgan fingerprint density at radius 3 is 2.48 bits per heavy atom. The van der Waals surface area contributed by atoms with Crippen molar-refractivity contribution in [2.75, 3.05) is 33.4 Å². The largest absolute Gasteiger partial charge is 0.497 e. The molecular weight excluding hydrogens is 266 g/mol. The lowest BCUT2D eigenvalue weighted by Crippen LogP contribution is -2.38. The standard InChI is InChI=1S/C17H25NO3/c1-3-21-17(19)15-9-12-18(13-10-15)11-8-14-4-6-16(20-2)7-5-14/h4-7,15H,3,8-13H2,1-2H3. The van der Waals surface area contributed by atoms with E-state index < -0.39 is 0 Å². The van der Waals surface area contributed by atoms with Crippen molar-refractivity contribution in [2.45, 2.75) is 26.2 Å². The van der Waals surface area contributed by atoms with Gasteiger partial charge in [-0.2, -0.15) is 0 Å². The van der Waals surface area contributed by atoms with Gasteiger partial charge in [-0.15, -0.1) is 0 Å². The van der Waals surface area contributed by atoms with Crippen LogP contribution in [0.25, 0.3) is 0 Å². The summed E-state index contributed by atoms with van der Waals surface area (Å²) in [5, 5.41) is 0. The van der Waals surface area contributed by atoms with Crippen molar-refractivity contribution in [3.05, 3.63) is 29.8 Å². The van der Waals surface area contributed by atoms with Crippen LogP contribution in [0.2, 0.25) is 0 Å². The van der Waals surface area contributed by atoms with Gasteiger partial charge >= 0.3 is 5.97 Å². The van der Waals surface area contributed by atoms with E-state index in [4.69, 9.17) is 9.47 Å². The van der Waals surface area contributed by atoms with Crippen molar-refractivity contribution in [3.63, 3.8) is 0 Å². The van der Waals surface area contributed by atoms with E-state index in [0.717, 1.165) is 44.6 Å². The van der Waals surface area contributed by atoms with Crippen LogP contribution >= 0.6 is 0 Å². The SMILES string of the molecule is CCOC(=O)C1CCN(CCc2ccc(OC)cc2)CC1. The molecule has 2 rings (SSSR count). The van der Waals surface area contributed by atoms with Crippen LogP contribution in [-0.4, -0.2) is 44.2 Å². The number of piperidine rings is 1. The van der Waals surface area contributed by atoms with Crippen molar-refractivity contribution >= 4 is 5.97 Å². The van der Waals surface area contributed by atoms with Gasteiger partial charge in [0, 0.05) is 6.54 Å². The minimum absolute atomic E-state index is 0.0210. The topological polar surface area (TPSA) is 38.8 Å². The highest BCUT2D eigenvalue weighted by molar-refractivity contribution is 5.72. The molecule has 0 N–H and O–H groups in total. The molecule has 0 saturated carbocycles. The highest BCUT2D eigenvalue weighted by Crippen LogP contribution is 2.19. The molecule has 0 bridgehead atoms. The van der Waals surface area contributed by atoms with E-state index in [-0.39, 0.29) is 11.9 Å². The quantitative estimate of drug-likeness (QED) is 0.755. The van der Waals surface area contributed by atoms with Crippen LogP contribution in [0, 0.1) is 5.92 Å². The molecule has 0 radical (unpaired) electrons. The summed E-state index contributed by atoms with van der Waals surface area (Å²) in [5.41, 5.74) is 1.32. The molecule has 0 amide bonds. The number of carbonyl (C=O) groups is 1. The summed E-state index contributed by atoms with van der Waals surface area (Å²) < 4.78 is 10.3. The molecule has 21 heavy (non-hydrogen) atoms. The van der Waals surface area contributed by atoms with E-state index in [1.807, 2.05) is 19.1 Å². The summed E-state index contributed by atoms with van der Waals surface area (Å²) >= 11 is 0. The summed E-state index contributed by atoms with van der Waals surface area (Å²) in [4.78, 5) is 14.1. The monoisotopic (exact) mass is 291 g/mol. The molecule has 4 heteroatoms. The molecular formula is C17H25NO3. The zero-order valence-electron chi connectivity index (χ0n) is 13.0. The third kappa shape index (κ3) is 4.74. The molecule has 4 nitrogen and oxygen atoms in total. The van der Waals surface area contributed by atoms with Gasteiger partial charge in [0.05, 0.1) is 19.6 Å². The number of esters is 1. The number of likely N-dealkylation sites (tertiary alicyclic amines) is 1. The lowest BCUT2D eigenvalue weighted by molar-refractivity contribution is -0.149. The first kappa shape index (κ1) is 15.8. The normalized spacial score (nSPS) is 16.7. The van der Waals surface area contributed by atoms with E-state index in [9.17, 15) is 4.79 Å². The van der Waals surface area contributed by atoms with Crippen LogP contribution in [0.4, 0.5) is 0 Å². The molecule has 1 aliphatic rings. The third-order valence-electron chi connectivity index (χ3n) is 4.08. The number of hydrogen-bond acceptors (Lipinski definition) is 4. The van der Waals surface area contributed by atoms with Crippen molar-refractivity contribution < 1.29 is 14.3 Å². The minimum atomic E-state index is -0.0210. The van der Waals surface area contributed by atoms with Gasteiger partial charge in [0.15, 0.2) is 0 Å². The Bertz CT molecular complexity index is 436. The number of nitrogens with zero attached hydrogens (tertiary/aromatic N) is 1. The van der Waals surface area contributed by atoms with E-state index in [0.29, 0.717) is 6.61 Å². The van der Waals surface area contributed by atoms with Gasteiger partial charge in [-0.05, 0) is 57.0 Å². The molecule has 0 aromatic heterocycles. The average molecular weight is 291 g/mol. The summed E-state index contributed by atoms with van der Waals surface area (Å²) in [7, 11) is 1.68. The highest BCUT2D eigenvalue weighted by Gasteiger charge is 2.25. The first-order valence-electron chi connectivity index (χ1n) is 7.75. The Balaban J connectivity index is 1.72. The van der Waals surface area contributed by atoms with Gasteiger partial charge in [-0.3, -0.25) is 4.79 Å². The molecule has 1 aromatic carbocycles. The highest BCUT2D eigenvalue weighted by atomic mass is 16.5. The second-order valence-corrected chi connectivity index (χ2v) is 5.47. The molecule has 0 spiro atoms. The molecule has 0 atom stereocenters. The number of carbonyl (C=O) groups excluding carboxylic acids is 1. The lowest BCUT2D eigenvalue weighted by Gasteiger charge is -2.30. The lowest BCUT2D eigenvalue weighted by atomic mass is 9.96. The summed E-state index contributed by atoms with van der Waals surface area (Å²) in [5.74, 6) is 0.975. The Morgan fingerprint density at radius 2 is 1.90 bits per heavy atom. The summed E-state index contributed by atoms with van der Waals surface area (Å²) in [6.07, 6.45) is 2.87. The molecule has 0 unspecified atom stereocenters. The fraction of sp³-hybridized carbons (Fsp3) is 0.588. The maximum atomic E-state index is 11.7. The molecule has 1 saturated heterocycles. The number of ether oxygens (including phenoxy) is 2.